The Hall–Kier alpha value is -0.540. The highest BCUT2D eigenvalue weighted by molar-refractivity contribution is 9.10. The molecule has 0 heterocycles. The van der Waals surface area contributed by atoms with Crippen LogP contribution in [-0.4, -0.2) is 6.54 Å². The van der Waals surface area contributed by atoms with E-state index in [1.165, 1.54) is 5.56 Å². The van der Waals surface area contributed by atoms with Crippen LogP contribution in [-0.2, 0) is 6.54 Å². The van der Waals surface area contributed by atoms with E-state index < -0.39 is 0 Å². The van der Waals surface area contributed by atoms with Gasteiger partial charge in [0.25, 0.3) is 0 Å². The smallest absolute Gasteiger partial charge is 0.0458 e. The highest BCUT2D eigenvalue weighted by atomic mass is 79.9. The SMILES string of the molecule is CC(C)(C)CNCc1ccc(N)c(Br)c1. The van der Waals surface area contributed by atoms with E-state index in [-0.39, 0.29) is 0 Å². The van der Waals surface area contributed by atoms with Crippen LogP contribution in [0.15, 0.2) is 22.7 Å². The van der Waals surface area contributed by atoms with E-state index in [2.05, 4.69) is 54.2 Å². The van der Waals surface area contributed by atoms with E-state index in [1.807, 2.05) is 6.07 Å². The number of nitrogen functional groups attached to an aromatic ring is 1. The molecule has 0 aliphatic carbocycles. The van der Waals surface area contributed by atoms with Crippen LogP contribution >= 0.6 is 15.9 Å². The van der Waals surface area contributed by atoms with Gasteiger partial charge in [-0.05, 0) is 39.0 Å². The lowest BCUT2D eigenvalue weighted by Crippen LogP contribution is -2.26. The lowest BCUT2D eigenvalue weighted by Gasteiger charge is -2.18. The maximum atomic E-state index is 5.72. The molecule has 0 saturated carbocycles. The Morgan fingerprint density at radius 2 is 2.00 bits per heavy atom. The standard InChI is InChI=1S/C12H19BrN2/c1-12(2,3)8-15-7-9-4-5-11(14)10(13)6-9/h4-6,15H,7-8,14H2,1-3H3. The molecule has 3 heteroatoms. The fourth-order valence-electron chi connectivity index (χ4n) is 1.26. The van der Waals surface area contributed by atoms with Gasteiger partial charge in [0.15, 0.2) is 0 Å². The maximum Gasteiger partial charge on any atom is 0.0458 e. The molecule has 0 radical (unpaired) electrons. The van der Waals surface area contributed by atoms with Crippen LogP contribution < -0.4 is 11.1 Å². The monoisotopic (exact) mass is 270 g/mol. The second kappa shape index (κ2) is 4.99. The van der Waals surface area contributed by atoms with Gasteiger partial charge in [-0.3, -0.25) is 0 Å². The minimum absolute atomic E-state index is 0.324. The number of anilines is 1. The second-order valence-corrected chi connectivity index (χ2v) is 5.87. The second-order valence-electron chi connectivity index (χ2n) is 5.02. The van der Waals surface area contributed by atoms with E-state index in [1.54, 1.807) is 0 Å². The van der Waals surface area contributed by atoms with Crippen molar-refractivity contribution < 1.29 is 0 Å². The first kappa shape index (κ1) is 12.5. The van der Waals surface area contributed by atoms with Crippen molar-refractivity contribution in [3.8, 4) is 0 Å². The summed E-state index contributed by atoms with van der Waals surface area (Å²) >= 11 is 3.42. The van der Waals surface area contributed by atoms with Gasteiger partial charge in [0.2, 0.25) is 0 Å². The fraction of sp³-hybridized carbons (Fsp3) is 0.500. The van der Waals surface area contributed by atoms with Crippen LogP contribution in [0.5, 0.6) is 0 Å². The van der Waals surface area contributed by atoms with Gasteiger partial charge < -0.3 is 11.1 Å². The van der Waals surface area contributed by atoms with E-state index in [4.69, 9.17) is 5.73 Å². The number of halogens is 1. The summed E-state index contributed by atoms with van der Waals surface area (Å²) in [6.07, 6.45) is 0. The van der Waals surface area contributed by atoms with Gasteiger partial charge in [-0.2, -0.15) is 0 Å². The predicted molar refractivity (Wildman–Crippen MR) is 69.7 cm³/mol. The topological polar surface area (TPSA) is 38.0 Å². The Morgan fingerprint density at radius 3 is 2.53 bits per heavy atom. The van der Waals surface area contributed by atoms with Crippen LogP contribution in [0.25, 0.3) is 0 Å². The van der Waals surface area contributed by atoms with Crippen molar-refractivity contribution in [1.82, 2.24) is 5.32 Å². The maximum absolute atomic E-state index is 5.72. The van der Waals surface area contributed by atoms with Gasteiger partial charge in [0.05, 0.1) is 0 Å². The van der Waals surface area contributed by atoms with Crippen molar-refractivity contribution >= 4 is 21.6 Å². The van der Waals surface area contributed by atoms with Crippen LogP contribution in [0.4, 0.5) is 5.69 Å². The number of hydrogen-bond acceptors (Lipinski definition) is 2. The van der Waals surface area contributed by atoms with Gasteiger partial charge in [0.1, 0.15) is 0 Å². The number of benzene rings is 1. The summed E-state index contributed by atoms with van der Waals surface area (Å²) in [7, 11) is 0. The van der Waals surface area contributed by atoms with E-state index in [9.17, 15) is 0 Å². The minimum atomic E-state index is 0.324. The van der Waals surface area contributed by atoms with Crippen molar-refractivity contribution in [2.75, 3.05) is 12.3 Å². The van der Waals surface area contributed by atoms with E-state index in [0.29, 0.717) is 5.41 Å². The predicted octanol–water partition coefficient (Wildman–Crippen LogP) is 3.17. The zero-order valence-corrected chi connectivity index (χ0v) is 11.2. The lowest BCUT2D eigenvalue weighted by atomic mass is 9.97. The first-order valence-electron chi connectivity index (χ1n) is 5.13. The molecule has 0 aromatic heterocycles. The molecule has 1 aromatic carbocycles. The summed E-state index contributed by atoms with van der Waals surface area (Å²) in [5.74, 6) is 0. The average Bonchev–Trinajstić information content (AvgIpc) is 2.09. The summed E-state index contributed by atoms with van der Waals surface area (Å²) in [6, 6.07) is 6.04. The Kier molecular flexibility index (Phi) is 4.17. The summed E-state index contributed by atoms with van der Waals surface area (Å²) in [4.78, 5) is 0. The van der Waals surface area contributed by atoms with Crippen LogP contribution in [0.3, 0.4) is 0 Å². The molecule has 2 nitrogen and oxygen atoms in total. The Labute approximate surface area is 100 Å². The average molecular weight is 271 g/mol. The molecule has 0 spiro atoms. The van der Waals surface area contributed by atoms with Crippen molar-refractivity contribution in [3.63, 3.8) is 0 Å². The molecule has 0 atom stereocenters. The molecule has 0 fully saturated rings. The quantitative estimate of drug-likeness (QED) is 0.829. The van der Waals surface area contributed by atoms with E-state index >= 15 is 0 Å². The molecule has 0 unspecified atom stereocenters. The van der Waals surface area contributed by atoms with Crippen LogP contribution in [0.1, 0.15) is 26.3 Å². The van der Waals surface area contributed by atoms with Crippen LogP contribution in [0.2, 0.25) is 0 Å². The fourth-order valence-corrected chi connectivity index (χ4v) is 1.69. The van der Waals surface area contributed by atoms with Crippen LogP contribution in [0, 0.1) is 5.41 Å². The molecule has 0 saturated heterocycles. The number of nitrogens with two attached hydrogens (primary N) is 1. The van der Waals surface area contributed by atoms with Crippen molar-refractivity contribution in [2.24, 2.45) is 5.41 Å². The highest BCUT2D eigenvalue weighted by Gasteiger charge is 2.08. The highest BCUT2D eigenvalue weighted by Crippen LogP contribution is 2.20. The lowest BCUT2D eigenvalue weighted by molar-refractivity contribution is 0.379. The van der Waals surface area contributed by atoms with Gasteiger partial charge >= 0.3 is 0 Å². The summed E-state index contributed by atoms with van der Waals surface area (Å²) in [5.41, 5.74) is 8.08. The summed E-state index contributed by atoms with van der Waals surface area (Å²) < 4.78 is 0.970. The Morgan fingerprint density at radius 1 is 1.33 bits per heavy atom. The normalized spacial score (nSPS) is 11.7. The molecule has 1 rings (SSSR count). The molecule has 0 amide bonds. The number of rotatable bonds is 3. The zero-order chi connectivity index (χ0) is 11.5. The molecule has 15 heavy (non-hydrogen) atoms. The van der Waals surface area contributed by atoms with Gasteiger partial charge in [-0.15, -0.1) is 0 Å². The van der Waals surface area contributed by atoms with E-state index in [0.717, 1.165) is 23.2 Å². The van der Waals surface area contributed by atoms with Crippen molar-refractivity contribution in [1.29, 1.82) is 0 Å². The Bertz CT molecular complexity index is 329. The number of hydrogen-bond donors (Lipinski definition) is 2. The Balaban J connectivity index is 2.48. The first-order chi connectivity index (χ1) is 6.88. The van der Waals surface area contributed by atoms with Crippen molar-refractivity contribution in [2.45, 2.75) is 27.3 Å². The molecule has 3 N–H and O–H groups in total. The molecular formula is C12H19BrN2. The molecule has 0 bridgehead atoms. The van der Waals surface area contributed by atoms with Gasteiger partial charge in [0, 0.05) is 23.2 Å². The van der Waals surface area contributed by atoms with Gasteiger partial charge in [-0.25, -0.2) is 0 Å². The molecule has 84 valence electrons. The minimum Gasteiger partial charge on any atom is -0.398 e. The molecule has 1 aromatic rings. The third-order valence-corrected chi connectivity index (χ3v) is 2.74. The summed E-state index contributed by atoms with van der Waals surface area (Å²) in [6.45, 7) is 8.56. The largest absolute Gasteiger partial charge is 0.398 e. The zero-order valence-electron chi connectivity index (χ0n) is 9.60. The third-order valence-electron chi connectivity index (χ3n) is 2.05. The molecule has 0 aliphatic rings. The van der Waals surface area contributed by atoms with Gasteiger partial charge in [-0.1, -0.05) is 26.8 Å². The number of nitrogens with one attached hydrogen (secondary N) is 1. The summed E-state index contributed by atoms with van der Waals surface area (Å²) in [5, 5.41) is 3.43. The first-order valence-corrected chi connectivity index (χ1v) is 5.92. The molecular weight excluding hydrogens is 252 g/mol. The third kappa shape index (κ3) is 4.67. The molecule has 0 aliphatic heterocycles. The van der Waals surface area contributed by atoms with Crippen molar-refractivity contribution in [3.05, 3.63) is 28.2 Å².